The smallest absolute Gasteiger partial charge is 0.451 e. The Bertz CT molecular complexity index is 1210. The van der Waals surface area contributed by atoms with Gasteiger partial charge in [-0.25, -0.2) is 4.79 Å². The van der Waals surface area contributed by atoms with Gasteiger partial charge in [0.05, 0.1) is 5.39 Å². The van der Waals surface area contributed by atoms with E-state index < -0.39 is 35.8 Å². The Morgan fingerprint density at radius 3 is 2.72 bits per heavy atom. The van der Waals surface area contributed by atoms with E-state index in [2.05, 4.69) is 20.2 Å². The first-order chi connectivity index (χ1) is 15.1. The molecular formula is C18H17F3N6O4S. The van der Waals surface area contributed by atoms with E-state index in [9.17, 15) is 22.8 Å². The van der Waals surface area contributed by atoms with Crippen molar-refractivity contribution >= 4 is 39.2 Å². The third-order valence-electron chi connectivity index (χ3n) is 4.77. The molecule has 0 aromatic carbocycles. The Balaban J connectivity index is 1.79. The molecule has 0 bridgehead atoms. The number of rotatable bonds is 6. The number of hydrogen-bond donors (Lipinski definition) is 1. The van der Waals surface area contributed by atoms with Gasteiger partial charge in [0, 0.05) is 18.0 Å². The number of carboxylic acid groups (broad SMARTS) is 1. The molecule has 170 valence electrons. The SMILES string of the molecule is CCCc1cc2c(N3CCn4c(nnc4C(F)(F)F)C3=O)nc(OC(C)C(=O)O)nc2s1. The maximum Gasteiger partial charge on any atom is 0.451 e. The van der Waals surface area contributed by atoms with Gasteiger partial charge in [0.15, 0.2) is 11.9 Å². The van der Waals surface area contributed by atoms with Crippen LogP contribution in [0.15, 0.2) is 6.07 Å². The summed E-state index contributed by atoms with van der Waals surface area (Å²) in [4.78, 5) is 35.3. The lowest BCUT2D eigenvalue weighted by atomic mass is 10.2. The molecule has 4 heterocycles. The number of carboxylic acids is 1. The number of ether oxygens (including phenoxy) is 1. The number of aryl methyl sites for hydroxylation is 1. The summed E-state index contributed by atoms with van der Waals surface area (Å²) in [5, 5.41) is 16.2. The molecule has 1 aliphatic rings. The minimum absolute atomic E-state index is 0.119. The summed E-state index contributed by atoms with van der Waals surface area (Å²) in [6.45, 7) is 2.99. The summed E-state index contributed by atoms with van der Waals surface area (Å²) < 4.78 is 45.5. The Hall–Kier alpha value is -3.29. The second-order valence-electron chi connectivity index (χ2n) is 7.06. The van der Waals surface area contributed by atoms with Gasteiger partial charge in [-0.1, -0.05) is 13.3 Å². The van der Waals surface area contributed by atoms with Crippen molar-refractivity contribution in [2.75, 3.05) is 11.4 Å². The van der Waals surface area contributed by atoms with Gasteiger partial charge in [-0.2, -0.15) is 23.1 Å². The van der Waals surface area contributed by atoms with E-state index in [4.69, 9.17) is 9.84 Å². The highest BCUT2D eigenvalue weighted by Gasteiger charge is 2.42. The fraction of sp³-hybridized carbons (Fsp3) is 0.444. The minimum Gasteiger partial charge on any atom is -0.479 e. The highest BCUT2D eigenvalue weighted by molar-refractivity contribution is 7.18. The fourth-order valence-corrected chi connectivity index (χ4v) is 4.40. The first-order valence-electron chi connectivity index (χ1n) is 9.62. The highest BCUT2D eigenvalue weighted by atomic mass is 32.1. The number of nitrogens with zero attached hydrogens (tertiary/aromatic N) is 6. The molecule has 0 fully saturated rings. The number of carbonyl (C=O) groups excluding carboxylic acids is 1. The highest BCUT2D eigenvalue weighted by Crippen LogP contribution is 2.36. The molecule has 4 rings (SSSR count). The molecule has 3 aromatic rings. The summed E-state index contributed by atoms with van der Waals surface area (Å²) in [6, 6.07) is 1.57. The van der Waals surface area contributed by atoms with Crippen LogP contribution in [0.4, 0.5) is 19.0 Å². The van der Waals surface area contributed by atoms with E-state index in [1.807, 2.05) is 13.0 Å². The van der Waals surface area contributed by atoms with E-state index in [0.717, 1.165) is 22.3 Å². The van der Waals surface area contributed by atoms with E-state index in [0.29, 0.717) is 10.2 Å². The van der Waals surface area contributed by atoms with Crippen molar-refractivity contribution in [3.05, 3.63) is 22.6 Å². The maximum absolute atomic E-state index is 13.1. The van der Waals surface area contributed by atoms with Crippen LogP contribution < -0.4 is 9.64 Å². The Morgan fingerprint density at radius 1 is 1.31 bits per heavy atom. The molecule has 0 spiro atoms. The summed E-state index contributed by atoms with van der Waals surface area (Å²) in [5.74, 6) is -3.61. The van der Waals surface area contributed by atoms with Crippen LogP contribution in [0, 0.1) is 0 Å². The van der Waals surface area contributed by atoms with Crippen LogP contribution >= 0.6 is 11.3 Å². The largest absolute Gasteiger partial charge is 0.479 e. The average molecular weight is 470 g/mol. The predicted octanol–water partition coefficient (Wildman–Crippen LogP) is 2.77. The van der Waals surface area contributed by atoms with E-state index in [1.165, 1.54) is 23.2 Å². The second kappa shape index (κ2) is 8.00. The van der Waals surface area contributed by atoms with Crippen molar-refractivity contribution in [3.8, 4) is 6.01 Å². The Labute approximate surface area is 182 Å². The van der Waals surface area contributed by atoms with Crippen molar-refractivity contribution in [2.45, 2.75) is 45.5 Å². The van der Waals surface area contributed by atoms with Crippen molar-refractivity contribution in [1.29, 1.82) is 0 Å². The van der Waals surface area contributed by atoms with E-state index in [1.54, 1.807) is 0 Å². The van der Waals surface area contributed by atoms with Crippen LogP contribution in [0.5, 0.6) is 6.01 Å². The van der Waals surface area contributed by atoms with Crippen LogP contribution in [0.2, 0.25) is 0 Å². The van der Waals surface area contributed by atoms with Gasteiger partial charge in [-0.15, -0.1) is 21.5 Å². The van der Waals surface area contributed by atoms with Gasteiger partial charge >= 0.3 is 18.2 Å². The lowest BCUT2D eigenvalue weighted by Gasteiger charge is -2.27. The lowest BCUT2D eigenvalue weighted by Crippen LogP contribution is -2.42. The molecule has 0 saturated carbocycles. The molecule has 14 heteroatoms. The van der Waals surface area contributed by atoms with E-state index in [-0.39, 0.29) is 24.9 Å². The number of amides is 1. The normalized spacial score (nSPS) is 15.2. The quantitative estimate of drug-likeness (QED) is 0.583. The van der Waals surface area contributed by atoms with Crippen molar-refractivity contribution < 1.29 is 32.6 Å². The summed E-state index contributed by atoms with van der Waals surface area (Å²) in [7, 11) is 0. The maximum atomic E-state index is 13.1. The number of aliphatic carboxylic acids is 1. The second-order valence-corrected chi connectivity index (χ2v) is 8.18. The molecule has 1 unspecified atom stereocenters. The average Bonchev–Trinajstić information content (AvgIpc) is 3.32. The van der Waals surface area contributed by atoms with Gasteiger partial charge in [0.25, 0.3) is 5.91 Å². The van der Waals surface area contributed by atoms with E-state index >= 15 is 0 Å². The molecule has 1 N–H and O–H groups in total. The third kappa shape index (κ3) is 3.85. The van der Waals surface area contributed by atoms with Crippen molar-refractivity contribution in [3.63, 3.8) is 0 Å². The number of hydrogen-bond acceptors (Lipinski definition) is 8. The van der Waals surface area contributed by atoms with Gasteiger partial charge in [-0.3, -0.25) is 14.3 Å². The molecule has 3 aromatic heterocycles. The van der Waals surface area contributed by atoms with Crippen LogP contribution in [0.3, 0.4) is 0 Å². The summed E-state index contributed by atoms with van der Waals surface area (Å²) in [6.07, 6.45) is -4.38. The topological polar surface area (TPSA) is 123 Å². The zero-order chi connectivity index (χ0) is 23.2. The molecule has 0 aliphatic carbocycles. The van der Waals surface area contributed by atoms with Gasteiger partial charge in [0.2, 0.25) is 11.6 Å². The monoisotopic (exact) mass is 470 g/mol. The Morgan fingerprint density at radius 2 is 2.06 bits per heavy atom. The summed E-state index contributed by atoms with van der Waals surface area (Å²) in [5.41, 5.74) is 0. The van der Waals surface area contributed by atoms with Crippen molar-refractivity contribution in [1.82, 2.24) is 24.7 Å². The third-order valence-corrected chi connectivity index (χ3v) is 5.86. The van der Waals surface area contributed by atoms with Crippen LogP contribution in [0.25, 0.3) is 10.2 Å². The summed E-state index contributed by atoms with van der Waals surface area (Å²) >= 11 is 1.35. The molecule has 10 nitrogen and oxygen atoms in total. The number of fused-ring (bicyclic) bond motifs is 2. The molecule has 1 atom stereocenters. The van der Waals surface area contributed by atoms with Crippen LogP contribution in [-0.2, 0) is 23.9 Å². The number of thiophene rings is 1. The fourth-order valence-electron chi connectivity index (χ4n) is 3.28. The zero-order valence-corrected chi connectivity index (χ0v) is 17.7. The Kier molecular flexibility index (Phi) is 5.48. The number of anilines is 1. The standard InChI is InChI=1S/C18H17F3N6O4S/c1-3-4-9-7-10-11(22-17(23-13(10)32-9)31-8(2)15(29)30)26-5-6-27-12(14(26)28)24-25-16(27)18(19,20)21/h7-8H,3-6H2,1-2H3,(H,29,30). The molecule has 0 radical (unpaired) electrons. The first-order valence-corrected chi connectivity index (χ1v) is 10.4. The first kappa shape index (κ1) is 21.9. The van der Waals surface area contributed by atoms with Crippen LogP contribution in [-0.4, -0.2) is 54.4 Å². The van der Waals surface area contributed by atoms with Gasteiger partial charge in [-0.05, 0) is 19.4 Å². The molecular weight excluding hydrogens is 453 g/mol. The number of alkyl halides is 3. The minimum atomic E-state index is -4.74. The molecule has 0 saturated heterocycles. The number of halogens is 3. The molecule has 1 amide bonds. The number of aromatic nitrogens is 5. The predicted molar refractivity (Wildman–Crippen MR) is 106 cm³/mol. The molecule has 1 aliphatic heterocycles. The number of carbonyl (C=O) groups is 2. The molecule has 32 heavy (non-hydrogen) atoms. The van der Waals surface area contributed by atoms with Crippen LogP contribution in [0.1, 0.15) is 41.6 Å². The zero-order valence-electron chi connectivity index (χ0n) is 16.9. The van der Waals surface area contributed by atoms with Gasteiger partial charge < -0.3 is 9.84 Å². The van der Waals surface area contributed by atoms with Gasteiger partial charge in [0.1, 0.15) is 4.83 Å². The van der Waals surface area contributed by atoms with Crippen molar-refractivity contribution in [2.24, 2.45) is 0 Å². The lowest BCUT2D eigenvalue weighted by molar-refractivity contribution is -0.147.